The number of aliphatic hydroxyl groups is 1. The summed E-state index contributed by atoms with van der Waals surface area (Å²) in [5, 5.41) is 20.2. The van der Waals surface area contributed by atoms with E-state index in [9.17, 15) is 15.0 Å². The molecule has 7 nitrogen and oxygen atoms in total. The van der Waals surface area contributed by atoms with Gasteiger partial charge in [-0.1, -0.05) is 6.08 Å². The van der Waals surface area contributed by atoms with Crippen molar-refractivity contribution in [2.24, 2.45) is 0 Å². The van der Waals surface area contributed by atoms with Crippen LogP contribution in [0.3, 0.4) is 0 Å². The molecule has 0 saturated carbocycles. The van der Waals surface area contributed by atoms with E-state index in [4.69, 9.17) is 18.9 Å². The minimum atomic E-state index is -0.539. The molecule has 3 rings (SSSR count). The van der Waals surface area contributed by atoms with Gasteiger partial charge < -0.3 is 29.2 Å². The van der Waals surface area contributed by atoms with Crippen LogP contribution in [-0.4, -0.2) is 44.4 Å². The number of rotatable bonds is 7. The smallest absolute Gasteiger partial charge is 0.200 e. The number of hydrogen-bond acceptors (Lipinski definition) is 7. The Balaban J connectivity index is 2.10. The van der Waals surface area contributed by atoms with Crippen LogP contribution in [0, 0.1) is 0 Å². The fourth-order valence-electron chi connectivity index (χ4n) is 3.39. The molecule has 2 aromatic rings. The quantitative estimate of drug-likeness (QED) is 0.558. The highest BCUT2D eigenvalue weighted by Gasteiger charge is 2.38. The summed E-state index contributed by atoms with van der Waals surface area (Å²) in [6.45, 7) is -0.173. The molecule has 0 radical (unpaired) electrons. The number of aldehydes is 1. The van der Waals surface area contributed by atoms with Crippen LogP contribution in [0.1, 0.15) is 28.7 Å². The lowest BCUT2D eigenvalue weighted by molar-refractivity contribution is -0.104. The molecule has 0 fully saturated rings. The molecule has 7 heteroatoms. The van der Waals surface area contributed by atoms with Crippen molar-refractivity contribution in [3.63, 3.8) is 0 Å². The van der Waals surface area contributed by atoms with Crippen LogP contribution in [0.15, 0.2) is 30.3 Å². The number of allylic oxidation sites excluding steroid dienone is 1. The third-order valence-corrected chi connectivity index (χ3v) is 4.73. The van der Waals surface area contributed by atoms with Crippen LogP contribution in [0.5, 0.6) is 28.7 Å². The molecule has 2 unspecified atom stereocenters. The van der Waals surface area contributed by atoms with Crippen molar-refractivity contribution in [1.29, 1.82) is 0 Å². The van der Waals surface area contributed by atoms with Crippen molar-refractivity contribution in [2.45, 2.75) is 12.0 Å². The van der Waals surface area contributed by atoms with Crippen molar-refractivity contribution in [3.8, 4) is 28.7 Å². The zero-order chi connectivity index (χ0) is 20.3. The minimum Gasteiger partial charge on any atom is -0.502 e. The Morgan fingerprint density at radius 1 is 1.04 bits per heavy atom. The summed E-state index contributed by atoms with van der Waals surface area (Å²) in [5.74, 6) is 1.03. The Labute approximate surface area is 162 Å². The maximum absolute atomic E-state index is 10.6. The molecule has 0 aliphatic carbocycles. The molecular formula is C21H22O7. The molecule has 2 aromatic carbocycles. The molecule has 0 spiro atoms. The number of phenolic OH excluding ortho intramolecular Hbond substituents is 1. The van der Waals surface area contributed by atoms with E-state index in [1.807, 2.05) is 6.07 Å². The second-order valence-electron chi connectivity index (χ2n) is 6.24. The third kappa shape index (κ3) is 3.36. The number of aliphatic hydroxyl groups excluding tert-OH is 1. The van der Waals surface area contributed by atoms with E-state index < -0.39 is 6.10 Å². The van der Waals surface area contributed by atoms with Gasteiger partial charge in [0.1, 0.15) is 12.4 Å². The SMILES string of the molecule is COc1cc(C2Oc3c(OC)cc(C=CC=O)cc3C2CO)cc(OC)c1O. The first-order valence-electron chi connectivity index (χ1n) is 8.64. The first-order chi connectivity index (χ1) is 13.6. The van der Waals surface area contributed by atoms with Gasteiger partial charge in [0.05, 0.1) is 33.9 Å². The van der Waals surface area contributed by atoms with Crippen molar-refractivity contribution in [2.75, 3.05) is 27.9 Å². The van der Waals surface area contributed by atoms with Crippen LogP contribution < -0.4 is 18.9 Å². The summed E-state index contributed by atoms with van der Waals surface area (Å²) in [6.07, 6.45) is 3.20. The normalized spacial score (nSPS) is 17.9. The molecule has 1 aliphatic heterocycles. The zero-order valence-electron chi connectivity index (χ0n) is 15.8. The van der Waals surface area contributed by atoms with Crippen LogP contribution in [0.4, 0.5) is 0 Å². The van der Waals surface area contributed by atoms with Crippen LogP contribution in [0.2, 0.25) is 0 Å². The Morgan fingerprint density at radius 2 is 1.68 bits per heavy atom. The number of aromatic hydroxyl groups is 1. The number of phenols is 1. The summed E-state index contributed by atoms with van der Waals surface area (Å²) >= 11 is 0. The Bertz CT molecular complexity index is 879. The maximum atomic E-state index is 10.6. The highest BCUT2D eigenvalue weighted by molar-refractivity contribution is 5.75. The van der Waals surface area contributed by atoms with Gasteiger partial charge in [-0.3, -0.25) is 4.79 Å². The largest absolute Gasteiger partial charge is 0.502 e. The lowest BCUT2D eigenvalue weighted by Gasteiger charge is -2.20. The molecular weight excluding hydrogens is 364 g/mol. The van der Waals surface area contributed by atoms with Gasteiger partial charge in [0.2, 0.25) is 5.75 Å². The summed E-state index contributed by atoms with van der Waals surface area (Å²) < 4.78 is 22.0. The number of carbonyl (C=O) groups is 1. The van der Waals surface area contributed by atoms with Crippen molar-refractivity contribution < 1.29 is 34.0 Å². The first-order valence-corrected chi connectivity index (χ1v) is 8.64. The summed E-state index contributed by atoms with van der Waals surface area (Å²) in [5.41, 5.74) is 2.20. The van der Waals surface area contributed by atoms with Crippen molar-refractivity contribution in [3.05, 3.63) is 47.0 Å². The summed E-state index contributed by atoms with van der Waals surface area (Å²) in [6, 6.07) is 6.91. The standard InChI is InChI=1S/C21H22O7/c1-25-16-9-13(10-17(26-2)19(16)24)20-15(11-23)14-7-12(5-4-6-22)8-18(27-3)21(14)28-20/h4-10,15,20,23-24H,11H2,1-3H3. The Hall–Kier alpha value is -3.19. The van der Waals surface area contributed by atoms with Crippen molar-refractivity contribution in [1.82, 2.24) is 0 Å². The topological polar surface area (TPSA) is 94.5 Å². The average molecular weight is 386 g/mol. The Kier molecular flexibility index (Phi) is 5.75. The lowest BCUT2D eigenvalue weighted by atomic mass is 9.90. The molecule has 148 valence electrons. The molecule has 1 heterocycles. The van der Waals surface area contributed by atoms with Gasteiger partial charge in [0.25, 0.3) is 0 Å². The Morgan fingerprint density at radius 3 is 2.21 bits per heavy atom. The predicted molar refractivity (Wildman–Crippen MR) is 102 cm³/mol. The van der Waals surface area contributed by atoms with Gasteiger partial charge in [-0.15, -0.1) is 0 Å². The second-order valence-corrected chi connectivity index (χ2v) is 6.24. The molecule has 0 bridgehead atoms. The van der Waals surface area contributed by atoms with Gasteiger partial charge in [-0.2, -0.15) is 0 Å². The first kappa shape index (κ1) is 19.6. The van der Waals surface area contributed by atoms with E-state index >= 15 is 0 Å². The molecule has 0 saturated heterocycles. The molecule has 1 aliphatic rings. The fourth-order valence-corrected chi connectivity index (χ4v) is 3.39. The molecule has 2 N–H and O–H groups in total. The zero-order valence-corrected chi connectivity index (χ0v) is 15.8. The average Bonchev–Trinajstić information content (AvgIpc) is 3.10. The molecule has 0 aromatic heterocycles. The van der Waals surface area contributed by atoms with Gasteiger partial charge in [0, 0.05) is 11.1 Å². The number of hydrogen-bond donors (Lipinski definition) is 2. The molecule has 0 amide bonds. The number of fused-ring (bicyclic) bond motifs is 1. The number of carbonyl (C=O) groups excluding carboxylic acids is 1. The van der Waals surface area contributed by atoms with Crippen LogP contribution in [-0.2, 0) is 4.79 Å². The number of ether oxygens (including phenoxy) is 4. The van der Waals surface area contributed by atoms with E-state index in [0.29, 0.717) is 23.3 Å². The van der Waals surface area contributed by atoms with Crippen LogP contribution in [0.25, 0.3) is 6.08 Å². The third-order valence-electron chi connectivity index (χ3n) is 4.73. The maximum Gasteiger partial charge on any atom is 0.200 e. The van der Waals surface area contributed by atoms with E-state index in [0.717, 1.165) is 11.1 Å². The fraction of sp³-hybridized carbons (Fsp3) is 0.286. The van der Waals surface area contributed by atoms with E-state index in [1.54, 1.807) is 24.3 Å². The number of benzene rings is 2. The molecule has 28 heavy (non-hydrogen) atoms. The van der Waals surface area contributed by atoms with E-state index in [-0.39, 0.29) is 29.8 Å². The minimum absolute atomic E-state index is 0.108. The van der Waals surface area contributed by atoms with Crippen molar-refractivity contribution >= 4 is 12.4 Å². The molecule has 2 atom stereocenters. The summed E-state index contributed by atoms with van der Waals surface area (Å²) in [4.78, 5) is 10.6. The van der Waals surface area contributed by atoms with E-state index in [2.05, 4.69) is 0 Å². The van der Waals surface area contributed by atoms with Gasteiger partial charge in [-0.25, -0.2) is 0 Å². The lowest BCUT2D eigenvalue weighted by Crippen LogP contribution is -2.13. The number of methoxy groups -OCH3 is 3. The van der Waals surface area contributed by atoms with E-state index in [1.165, 1.54) is 27.4 Å². The highest BCUT2D eigenvalue weighted by atomic mass is 16.5. The van der Waals surface area contributed by atoms with Crippen LogP contribution >= 0.6 is 0 Å². The van der Waals surface area contributed by atoms with Gasteiger partial charge >= 0.3 is 0 Å². The summed E-state index contributed by atoms with van der Waals surface area (Å²) in [7, 11) is 4.42. The second kappa shape index (κ2) is 8.22. The highest BCUT2D eigenvalue weighted by Crippen LogP contribution is 2.52. The predicted octanol–water partition coefficient (Wildman–Crippen LogP) is 2.84. The van der Waals surface area contributed by atoms with Gasteiger partial charge in [0.15, 0.2) is 23.0 Å². The monoisotopic (exact) mass is 386 g/mol. The van der Waals surface area contributed by atoms with Gasteiger partial charge in [-0.05, 0) is 35.9 Å².